The molecule has 2 fully saturated rings. The third kappa shape index (κ3) is 3.73. The molecule has 2 aliphatic heterocycles. The number of aliphatic hydroxyl groups excluding tert-OH is 2. The highest BCUT2D eigenvalue weighted by Crippen LogP contribution is 2.68. The molecule has 0 bridgehead atoms. The average Bonchev–Trinajstić information content (AvgIpc) is 3.44. The van der Waals surface area contributed by atoms with Gasteiger partial charge >= 0.3 is 5.97 Å². The third-order valence-electron chi connectivity index (χ3n) is 11.3. The molecule has 3 N–H and O–H groups in total. The number of fused-ring (bicyclic) bond motifs is 3. The van der Waals surface area contributed by atoms with Gasteiger partial charge in [-0.2, -0.15) is 0 Å². The maximum Gasteiger partial charge on any atom is 0.326 e. The fraction of sp³-hybridized carbons (Fsp3) is 0.576. The van der Waals surface area contributed by atoms with Crippen molar-refractivity contribution in [3.63, 3.8) is 0 Å². The lowest BCUT2D eigenvalue weighted by Crippen LogP contribution is -2.64. The van der Waals surface area contributed by atoms with Crippen molar-refractivity contribution in [1.29, 1.82) is 0 Å². The summed E-state index contributed by atoms with van der Waals surface area (Å²) in [5, 5.41) is 32.4. The van der Waals surface area contributed by atoms with Crippen molar-refractivity contribution in [2.75, 3.05) is 6.54 Å². The van der Waals surface area contributed by atoms with Crippen LogP contribution in [0.15, 0.2) is 64.6 Å². The molecule has 2 saturated carbocycles. The van der Waals surface area contributed by atoms with Gasteiger partial charge in [0.1, 0.15) is 23.2 Å². The van der Waals surface area contributed by atoms with E-state index in [9.17, 15) is 24.9 Å². The van der Waals surface area contributed by atoms with Crippen LogP contribution in [-0.4, -0.2) is 56.4 Å². The van der Waals surface area contributed by atoms with Crippen molar-refractivity contribution in [3.8, 4) is 0 Å². The summed E-state index contributed by atoms with van der Waals surface area (Å²) in [5.41, 5.74) is 1.73. The van der Waals surface area contributed by atoms with Gasteiger partial charge in [-0.25, -0.2) is 4.79 Å². The van der Waals surface area contributed by atoms with Gasteiger partial charge in [-0.05, 0) is 54.6 Å². The molecule has 214 valence electrons. The van der Waals surface area contributed by atoms with Gasteiger partial charge in [0, 0.05) is 41.4 Å². The van der Waals surface area contributed by atoms with Crippen LogP contribution in [0.5, 0.6) is 0 Å². The molecule has 1 aromatic carbocycles. The first-order valence-corrected chi connectivity index (χ1v) is 14.7. The summed E-state index contributed by atoms with van der Waals surface area (Å²) in [7, 11) is 0. The van der Waals surface area contributed by atoms with Gasteiger partial charge in [-0.15, -0.1) is 0 Å². The maximum absolute atomic E-state index is 13.8. The number of hydrogen-bond donors (Lipinski definition) is 3. The quantitative estimate of drug-likeness (QED) is 0.472. The number of rotatable bonds is 4. The van der Waals surface area contributed by atoms with E-state index in [0.29, 0.717) is 29.7 Å². The molecule has 3 aliphatic carbocycles. The lowest BCUT2D eigenvalue weighted by molar-refractivity contribution is -0.227. The Balaban J connectivity index is 1.36. The van der Waals surface area contributed by atoms with Crippen LogP contribution in [-0.2, 0) is 20.7 Å². The van der Waals surface area contributed by atoms with E-state index in [-0.39, 0.29) is 59.8 Å². The number of amides is 1. The fourth-order valence-corrected chi connectivity index (χ4v) is 8.91. The van der Waals surface area contributed by atoms with Gasteiger partial charge in [-0.3, -0.25) is 4.79 Å². The second-order valence-corrected chi connectivity index (χ2v) is 13.5. The molecular weight excluding hydrogens is 506 g/mol. The molecule has 6 rings (SSSR count). The van der Waals surface area contributed by atoms with Crippen LogP contribution < -0.4 is 0 Å². The minimum absolute atomic E-state index is 0.146. The number of carbonyl (C=O) groups excluding carboxylic acids is 1. The Labute approximate surface area is 236 Å². The molecule has 1 aromatic rings. The van der Waals surface area contributed by atoms with Crippen LogP contribution in [0.1, 0.15) is 71.8 Å². The van der Waals surface area contributed by atoms with Crippen molar-refractivity contribution in [1.82, 2.24) is 4.90 Å². The van der Waals surface area contributed by atoms with E-state index >= 15 is 0 Å². The minimum atomic E-state index is -1.04. The molecule has 2 heterocycles. The number of nitrogens with zero attached hydrogens (tertiary/aromatic N) is 1. The lowest BCUT2D eigenvalue weighted by Gasteiger charge is -2.64. The van der Waals surface area contributed by atoms with Crippen LogP contribution in [0.4, 0.5) is 0 Å². The molecule has 40 heavy (non-hydrogen) atoms. The average molecular weight is 548 g/mol. The summed E-state index contributed by atoms with van der Waals surface area (Å²) < 4.78 is 7.14. The Morgan fingerprint density at radius 2 is 1.82 bits per heavy atom. The van der Waals surface area contributed by atoms with E-state index in [2.05, 4.69) is 27.7 Å². The molecular formula is C33H41NO6. The first-order chi connectivity index (χ1) is 18.9. The minimum Gasteiger partial charge on any atom is -0.508 e. The Morgan fingerprint density at radius 3 is 2.52 bits per heavy atom. The Kier molecular flexibility index (Phi) is 6.26. The molecule has 0 radical (unpaired) electrons. The first kappa shape index (κ1) is 27.1. The molecule has 6 unspecified atom stereocenters. The number of carboxylic acid groups (broad SMARTS) is 1. The second kappa shape index (κ2) is 9.23. The molecule has 6 atom stereocenters. The number of aliphatic carboxylic acids is 1. The van der Waals surface area contributed by atoms with E-state index < -0.39 is 17.6 Å². The fourth-order valence-electron chi connectivity index (χ4n) is 8.91. The molecule has 0 saturated heterocycles. The highest BCUT2D eigenvalue weighted by atomic mass is 16.5. The van der Waals surface area contributed by atoms with E-state index in [0.717, 1.165) is 30.4 Å². The first-order valence-electron chi connectivity index (χ1n) is 14.7. The normalized spacial score (nSPS) is 35.5. The predicted octanol–water partition coefficient (Wildman–Crippen LogP) is 5.31. The summed E-state index contributed by atoms with van der Waals surface area (Å²) in [4.78, 5) is 27.7. The number of benzene rings is 1. The number of aliphatic hydroxyl groups is 2. The largest absolute Gasteiger partial charge is 0.508 e. The number of allylic oxidation sites excluding steroid dienone is 2. The SMILES string of the molecule is CC1CCC2C(C)(C)C(O)CCC2(C)C12CC1=C(O2)C2=C(CC=C1O)C(=O)N(C(Cc1ccccc1)C(=O)O)C2. The lowest BCUT2D eigenvalue weighted by atomic mass is 9.43. The van der Waals surface area contributed by atoms with E-state index in [1.807, 2.05) is 30.3 Å². The molecule has 5 aliphatic rings. The van der Waals surface area contributed by atoms with E-state index in [1.165, 1.54) is 4.90 Å². The predicted molar refractivity (Wildman–Crippen MR) is 150 cm³/mol. The van der Waals surface area contributed by atoms with Crippen molar-refractivity contribution >= 4 is 11.9 Å². The summed E-state index contributed by atoms with van der Waals surface area (Å²) in [6, 6.07) is 8.38. The Morgan fingerprint density at radius 1 is 1.10 bits per heavy atom. The van der Waals surface area contributed by atoms with Crippen LogP contribution in [0.2, 0.25) is 0 Å². The van der Waals surface area contributed by atoms with Crippen molar-refractivity contribution in [3.05, 3.63) is 70.2 Å². The Hall–Kier alpha value is -3.06. The third-order valence-corrected chi connectivity index (χ3v) is 11.3. The smallest absolute Gasteiger partial charge is 0.326 e. The monoisotopic (exact) mass is 547 g/mol. The second-order valence-electron chi connectivity index (χ2n) is 13.5. The zero-order valence-electron chi connectivity index (χ0n) is 23.9. The zero-order chi connectivity index (χ0) is 28.6. The molecule has 1 spiro atoms. The summed E-state index contributed by atoms with van der Waals surface area (Å²) in [6.07, 6.45) is 5.82. The number of carbonyl (C=O) groups is 2. The Bertz CT molecular complexity index is 1340. The van der Waals surface area contributed by atoms with E-state index in [4.69, 9.17) is 4.74 Å². The highest BCUT2D eigenvalue weighted by molar-refractivity contribution is 6.01. The molecule has 1 amide bonds. The van der Waals surface area contributed by atoms with Gasteiger partial charge in [0.05, 0.1) is 12.6 Å². The van der Waals surface area contributed by atoms with Gasteiger partial charge in [-0.1, -0.05) is 58.0 Å². The van der Waals surface area contributed by atoms with E-state index in [1.54, 1.807) is 6.08 Å². The topological polar surface area (TPSA) is 107 Å². The van der Waals surface area contributed by atoms with Crippen molar-refractivity contribution in [2.24, 2.45) is 22.7 Å². The maximum atomic E-state index is 13.8. The summed E-state index contributed by atoms with van der Waals surface area (Å²) in [6.45, 7) is 9.01. The van der Waals surface area contributed by atoms with Gasteiger partial charge in [0.2, 0.25) is 0 Å². The van der Waals surface area contributed by atoms with Crippen molar-refractivity contribution < 1.29 is 29.6 Å². The van der Waals surface area contributed by atoms with Crippen LogP contribution in [0.3, 0.4) is 0 Å². The zero-order valence-corrected chi connectivity index (χ0v) is 23.9. The standard InChI is InChI=1S/C33H41NO6/c1-19-10-13-26-31(2,3)27(36)14-15-32(26,4)33(19)17-22-25(35)12-11-21-23(28(22)40-33)18-34(29(21)37)24(30(38)39)16-20-8-6-5-7-9-20/h5-9,12,19,24,26-27,35-36H,10-11,13-18H2,1-4H3,(H,38,39). The van der Waals surface area contributed by atoms with Gasteiger partial charge < -0.3 is 25.0 Å². The molecule has 7 nitrogen and oxygen atoms in total. The molecule has 0 aromatic heterocycles. The summed E-state index contributed by atoms with van der Waals surface area (Å²) in [5.74, 6) is -0.158. The number of hydrogen-bond acceptors (Lipinski definition) is 5. The molecule has 7 heteroatoms. The van der Waals surface area contributed by atoms with Crippen LogP contribution in [0.25, 0.3) is 0 Å². The highest BCUT2D eigenvalue weighted by Gasteiger charge is 2.67. The van der Waals surface area contributed by atoms with Crippen LogP contribution >= 0.6 is 0 Å². The number of ether oxygens (including phenoxy) is 1. The van der Waals surface area contributed by atoms with Crippen LogP contribution in [0, 0.1) is 22.7 Å². The van der Waals surface area contributed by atoms with Gasteiger partial charge in [0.25, 0.3) is 5.91 Å². The summed E-state index contributed by atoms with van der Waals surface area (Å²) >= 11 is 0. The van der Waals surface area contributed by atoms with Gasteiger partial charge in [0.15, 0.2) is 0 Å². The van der Waals surface area contributed by atoms with Crippen molar-refractivity contribution in [2.45, 2.75) is 90.4 Å². The number of carboxylic acids is 1.